The third-order valence-corrected chi connectivity index (χ3v) is 5.07. The second kappa shape index (κ2) is 6.91. The minimum absolute atomic E-state index is 0.309. The van der Waals surface area contributed by atoms with Crippen molar-refractivity contribution in [3.05, 3.63) is 34.3 Å². The fourth-order valence-corrected chi connectivity index (χ4v) is 3.89. The van der Waals surface area contributed by atoms with Crippen LogP contribution in [0.25, 0.3) is 0 Å². The molecule has 5 heteroatoms. The molecule has 1 heterocycles. The van der Waals surface area contributed by atoms with Gasteiger partial charge in [-0.1, -0.05) is 28.1 Å². The smallest absolute Gasteiger partial charge is 0.0414 e. The van der Waals surface area contributed by atoms with Gasteiger partial charge in [0.1, 0.15) is 0 Å². The number of halogens is 1. The summed E-state index contributed by atoms with van der Waals surface area (Å²) in [5.74, 6) is 8.13. The Kier molecular flexibility index (Phi) is 5.51. The van der Waals surface area contributed by atoms with Crippen molar-refractivity contribution >= 4 is 27.7 Å². The van der Waals surface area contributed by atoms with Gasteiger partial charge < -0.3 is 4.90 Å². The standard InChI is InChI=1S/C13H20BrN3S/c1-17-6-7-18-9-13(17)12(16-15)8-10-2-4-11(14)5-3-10/h2-5,12-13,16H,6-9,15H2,1H3. The van der Waals surface area contributed by atoms with E-state index in [9.17, 15) is 0 Å². The summed E-state index contributed by atoms with van der Waals surface area (Å²) in [4.78, 5) is 2.42. The highest BCUT2D eigenvalue weighted by atomic mass is 79.9. The monoisotopic (exact) mass is 329 g/mol. The van der Waals surface area contributed by atoms with Crippen LogP contribution in [0.1, 0.15) is 5.56 Å². The molecular formula is C13H20BrN3S. The van der Waals surface area contributed by atoms with Gasteiger partial charge in [-0.3, -0.25) is 11.3 Å². The summed E-state index contributed by atoms with van der Waals surface area (Å²) < 4.78 is 1.12. The first-order chi connectivity index (χ1) is 8.70. The zero-order valence-electron chi connectivity index (χ0n) is 10.6. The average molecular weight is 330 g/mol. The maximum Gasteiger partial charge on any atom is 0.0414 e. The Morgan fingerprint density at radius 2 is 2.22 bits per heavy atom. The van der Waals surface area contributed by atoms with Crippen LogP contribution in [0.5, 0.6) is 0 Å². The summed E-state index contributed by atoms with van der Waals surface area (Å²) in [7, 11) is 2.19. The van der Waals surface area contributed by atoms with Crippen molar-refractivity contribution in [1.29, 1.82) is 0 Å². The highest BCUT2D eigenvalue weighted by Crippen LogP contribution is 2.20. The summed E-state index contributed by atoms with van der Waals surface area (Å²) in [6, 6.07) is 9.31. The maximum atomic E-state index is 5.75. The molecule has 3 N–H and O–H groups in total. The Labute approximate surface area is 122 Å². The molecule has 2 rings (SSSR count). The molecule has 0 aliphatic carbocycles. The van der Waals surface area contributed by atoms with Crippen LogP contribution in [-0.4, -0.2) is 42.1 Å². The average Bonchev–Trinajstić information content (AvgIpc) is 2.39. The SMILES string of the molecule is CN1CCSCC1C(Cc1ccc(Br)cc1)NN. The summed E-state index contributed by atoms with van der Waals surface area (Å²) in [6.45, 7) is 1.15. The number of likely N-dealkylation sites (N-methyl/N-ethyl adjacent to an activating group) is 1. The molecule has 1 aliphatic heterocycles. The van der Waals surface area contributed by atoms with Crippen LogP contribution >= 0.6 is 27.7 Å². The number of hydrogen-bond donors (Lipinski definition) is 2. The molecule has 0 radical (unpaired) electrons. The third kappa shape index (κ3) is 3.71. The van der Waals surface area contributed by atoms with E-state index in [4.69, 9.17) is 5.84 Å². The molecule has 2 unspecified atom stereocenters. The van der Waals surface area contributed by atoms with E-state index in [1.54, 1.807) is 0 Å². The number of rotatable bonds is 4. The summed E-state index contributed by atoms with van der Waals surface area (Å²) >= 11 is 5.48. The third-order valence-electron chi connectivity index (χ3n) is 3.49. The Morgan fingerprint density at radius 3 is 2.83 bits per heavy atom. The van der Waals surface area contributed by atoms with Gasteiger partial charge in [-0.15, -0.1) is 0 Å². The number of thioether (sulfide) groups is 1. The predicted molar refractivity (Wildman–Crippen MR) is 82.7 cm³/mol. The molecule has 100 valence electrons. The van der Waals surface area contributed by atoms with Crippen molar-refractivity contribution in [3.63, 3.8) is 0 Å². The van der Waals surface area contributed by atoms with Gasteiger partial charge in [0.25, 0.3) is 0 Å². The lowest BCUT2D eigenvalue weighted by atomic mass is 10.00. The fraction of sp³-hybridized carbons (Fsp3) is 0.538. The molecule has 1 saturated heterocycles. The van der Waals surface area contributed by atoms with E-state index in [-0.39, 0.29) is 0 Å². The normalized spacial score (nSPS) is 22.9. The molecule has 1 fully saturated rings. The molecule has 0 amide bonds. The number of hydrazine groups is 1. The first-order valence-electron chi connectivity index (χ1n) is 6.19. The topological polar surface area (TPSA) is 41.3 Å². The Hall–Kier alpha value is -0.0700. The van der Waals surface area contributed by atoms with Crippen molar-refractivity contribution in [3.8, 4) is 0 Å². The van der Waals surface area contributed by atoms with Crippen molar-refractivity contribution in [2.75, 3.05) is 25.1 Å². The molecule has 18 heavy (non-hydrogen) atoms. The van der Waals surface area contributed by atoms with Crippen LogP contribution in [0.15, 0.2) is 28.7 Å². The zero-order valence-corrected chi connectivity index (χ0v) is 13.0. The van der Waals surface area contributed by atoms with Crippen LogP contribution in [0, 0.1) is 0 Å². The first-order valence-corrected chi connectivity index (χ1v) is 8.14. The van der Waals surface area contributed by atoms with Gasteiger partial charge in [0.2, 0.25) is 0 Å². The van der Waals surface area contributed by atoms with Gasteiger partial charge in [-0.25, -0.2) is 0 Å². The van der Waals surface area contributed by atoms with Crippen LogP contribution in [-0.2, 0) is 6.42 Å². The number of hydrogen-bond acceptors (Lipinski definition) is 4. The van der Waals surface area contributed by atoms with Crippen molar-refractivity contribution in [1.82, 2.24) is 10.3 Å². The second-order valence-corrected chi connectivity index (χ2v) is 6.79. The molecule has 0 aromatic heterocycles. The quantitative estimate of drug-likeness (QED) is 0.653. The minimum Gasteiger partial charge on any atom is -0.300 e. The van der Waals surface area contributed by atoms with Gasteiger partial charge in [0.05, 0.1) is 0 Å². The van der Waals surface area contributed by atoms with Crippen molar-refractivity contribution < 1.29 is 0 Å². The highest BCUT2D eigenvalue weighted by molar-refractivity contribution is 9.10. The van der Waals surface area contributed by atoms with E-state index in [0.717, 1.165) is 23.2 Å². The van der Waals surface area contributed by atoms with Crippen LogP contribution in [0.4, 0.5) is 0 Å². The summed E-state index contributed by atoms with van der Waals surface area (Å²) in [5.41, 5.74) is 4.32. The van der Waals surface area contributed by atoms with Gasteiger partial charge >= 0.3 is 0 Å². The fourth-order valence-electron chi connectivity index (χ4n) is 2.31. The predicted octanol–water partition coefficient (Wildman–Crippen LogP) is 1.87. The van der Waals surface area contributed by atoms with Gasteiger partial charge in [0.15, 0.2) is 0 Å². The number of benzene rings is 1. The van der Waals surface area contributed by atoms with E-state index < -0.39 is 0 Å². The lowest BCUT2D eigenvalue weighted by Crippen LogP contribution is -2.55. The van der Waals surface area contributed by atoms with Gasteiger partial charge in [-0.2, -0.15) is 11.8 Å². The summed E-state index contributed by atoms with van der Waals surface area (Å²) in [6.07, 6.45) is 0.972. The lowest BCUT2D eigenvalue weighted by molar-refractivity contribution is 0.214. The molecule has 0 bridgehead atoms. The number of nitrogens with one attached hydrogen (secondary N) is 1. The van der Waals surface area contributed by atoms with Crippen LogP contribution in [0.3, 0.4) is 0 Å². The molecule has 3 nitrogen and oxygen atoms in total. The van der Waals surface area contributed by atoms with Crippen molar-refractivity contribution in [2.24, 2.45) is 5.84 Å². The molecule has 0 saturated carbocycles. The van der Waals surface area contributed by atoms with Crippen molar-refractivity contribution in [2.45, 2.75) is 18.5 Å². The van der Waals surface area contributed by atoms with Gasteiger partial charge in [0, 0.05) is 34.6 Å². The molecule has 2 atom stereocenters. The van der Waals surface area contributed by atoms with E-state index >= 15 is 0 Å². The molecule has 1 aliphatic rings. The zero-order chi connectivity index (χ0) is 13.0. The van der Waals surface area contributed by atoms with E-state index in [1.807, 2.05) is 11.8 Å². The Morgan fingerprint density at radius 1 is 1.50 bits per heavy atom. The molecule has 1 aromatic carbocycles. The van der Waals surface area contributed by atoms with E-state index in [2.05, 4.69) is 57.6 Å². The molecule has 0 spiro atoms. The summed E-state index contributed by atoms with van der Waals surface area (Å²) in [5, 5.41) is 0. The largest absolute Gasteiger partial charge is 0.300 e. The van der Waals surface area contributed by atoms with E-state index in [1.165, 1.54) is 11.3 Å². The first kappa shape index (κ1) is 14.3. The second-order valence-electron chi connectivity index (χ2n) is 4.73. The lowest BCUT2D eigenvalue weighted by Gasteiger charge is -2.37. The Bertz CT molecular complexity index is 371. The van der Waals surface area contributed by atoms with Crippen LogP contribution < -0.4 is 11.3 Å². The van der Waals surface area contributed by atoms with Crippen LogP contribution in [0.2, 0.25) is 0 Å². The molecular weight excluding hydrogens is 310 g/mol. The Balaban J connectivity index is 2.02. The minimum atomic E-state index is 0.309. The van der Waals surface area contributed by atoms with E-state index in [0.29, 0.717) is 12.1 Å². The highest BCUT2D eigenvalue weighted by Gasteiger charge is 2.27. The van der Waals surface area contributed by atoms with Gasteiger partial charge in [-0.05, 0) is 31.2 Å². The number of nitrogens with zero attached hydrogens (tertiary/aromatic N) is 1. The molecule has 1 aromatic rings. The maximum absolute atomic E-state index is 5.75. The number of nitrogens with two attached hydrogens (primary N) is 1.